The average Bonchev–Trinajstić information content (AvgIpc) is 3.67. The maximum Gasteiger partial charge on any atom is 0.280 e. The van der Waals surface area contributed by atoms with Crippen LogP contribution in [0.5, 0.6) is 5.75 Å². The van der Waals surface area contributed by atoms with Crippen LogP contribution in [0.3, 0.4) is 0 Å². The van der Waals surface area contributed by atoms with Crippen LogP contribution >= 0.6 is 0 Å². The lowest BCUT2D eigenvalue weighted by atomic mass is 10.0. The highest BCUT2D eigenvalue weighted by molar-refractivity contribution is 5.97. The van der Waals surface area contributed by atoms with Crippen molar-refractivity contribution in [1.82, 2.24) is 20.2 Å². The lowest BCUT2D eigenvalue weighted by Gasteiger charge is -2.34. The molecule has 2 aliphatic rings. The number of nitrogens with zero attached hydrogens (tertiary/aromatic N) is 2. The Hall–Kier alpha value is -3.75. The number of carbonyl (C=O) groups is 2. The fourth-order valence-corrected chi connectivity index (χ4v) is 4.33. The number of carbonyl (C=O) groups excluding carboxylic acids is 2. The average molecular weight is 464 g/mol. The van der Waals surface area contributed by atoms with Crippen molar-refractivity contribution >= 4 is 22.8 Å². The standard InChI is InChI=1S/C25H25FN4O4/c26-16-4-3-5-18(14-16)34-17-10-12-30(13-11-17)25(33)21(15-8-9-15)29-24(32)22-23(31)28-20-7-2-1-6-19(20)27-22/h1-7,14-15,17,21H,8-13H2,(H,28,31)(H,29,32)/t21-/m0/s1. The number of hydrogen-bond donors (Lipinski definition) is 2. The van der Waals surface area contributed by atoms with Crippen LogP contribution in [0.25, 0.3) is 11.0 Å². The Morgan fingerprint density at radius 3 is 2.59 bits per heavy atom. The molecule has 1 atom stereocenters. The minimum absolute atomic E-state index is 0.0530. The molecule has 3 aromatic rings. The molecule has 2 N–H and O–H groups in total. The molecule has 2 aromatic carbocycles. The van der Waals surface area contributed by atoms with Crippen molar-refractivity contribution in [3.8, 4) is 5.75 Å². The summed E-state index contributed by atoms with van der Waals surface area (Å²) in [5.74, 6) is -0.634. The molecule has 2 heterocycles. The van der Waals surface area contributed by atoms with Crippen LogP contribution in [-0.2, 0) is 4.79 Å². The Morgan fingerprint density at radius 1 is 1.09 bits per heavy atom. The highest BCUT2D eigenvalue weighted by Crippen LogP contribution is 2.34. The topological polar surface area (TPSA) is 104 Å². The van der Waals surface area contributed by atoms with Crippen molar-refractivity contribution in [1.29, 1.82) is 0 Å². The third-order valence-corrected chi connectivity index (χ3v) is 6.31. The number of H-pyrrole nitrogens is 1. The van der Waals surface area contributed by atoms with Gasteiger partial charge >= 0.3 is 0 Å². The second-order valence-electron chi connectivity index (χ2n) is 8.82. The van der Waals surface area contributed by atoms with Crippen LogP contribution in [-0.4, -0.2) is 51.9 Å². The van der Waals surface area contributed by atoms with E-state index < -0.39 is 17.5 Å². The third-order valence-electron chi connectivity index (χ3n) is 6.31. The number of para-hydroxylation sites is 2. The fraction of sp³-hybridized carbons (Fsp3) is 0.360. The zero-order chi connectivity index (χ0) is 23.7. The highest BCUT2D eigenvalue weighted by atomic mass is 19.1. The largest absolute Gasteiger partial charge is 0.490 e. The van der Waals surface area contributed by atoms with Crippen molar-refractivity contribution in [3.63, 3.8) is 0 Å². The zero-order valence-corrected chi connectivity index (χ0v) is 18.5. The van der Waals surface area contributed by atoms with E-state index in [1.54, 1.807) is 41.3 Å². The molecule has 1 aliphatic carbocycles. The van der Waals surface area contributed by atoms with Crippen LogP contribution < -0.4 is 15.6 Å². The van der Waals surface area contributed by atoms with Crippen molar-refractivity contribution in [3.05, 3.63) is 70.4 Å². The Balaban J connectivity index is 1.23. The van der Waals surface area contributed by atoms with E-state index in [0.717, 1.165) is 12.8 Å². The molecule has 176 valence electrons. The van der Waals surface area contributed by atoms with Crippen molar-refractivity contribution < 1.29 is 18.7 Å². The minimum atomic E-state index is -0.694. The first-order chi connectivity index (χ1) is 16.5. The van der Waals surface area contributed by atoms with Gasteiger partial charge in [-0.3, -0.25) is 14.4 Å². The molecule has 1 saturated carbocycles. The quantitative estimate of drug-likeness (QED) is 0.584. The molecule has 0 unspecified atom stereocenters. The predicted octanol–water partition coefficient (Wildman–Crippen LogP) is 2.64. The maximum atomic E-state index is 13.4. The van der Waals surface area contributed by atoms with E-state index in [-0.39, 0.29) is 29.4 Å². The molecule has 1 saturated heterocycles. The van der Waals surface area contributed by atoms with E-state index in [1.807, 2.05) is 0 Å². The Labute approximate surface area is 195 Å². The number of aromatic amines is 1. The molecule has 2 fully saturated rings. The number of nitrogens with one attached hydrogen (secondary N) is 2. The van der Waals surface area contributed by atoms with E-state index in [2.05, 4.69) is 15.3 Å². The van der Waals surface area contributed by atoms with Crippen LogP contribution in [0.15, 0.2) is 53.3 Å². The van der Waals surface area contributed by atoms with Gasteiger partial charge in [0.1, 0.15) is 23.7 Å². The first-order valence-electron chi connectivity index (χ1n) is 11.5. The van der Waals surface area contributed by atoms with Gasteiger partial charge in [0.2, 0.25) is 5.91 Å². The fourth-order valence-electron chi connectivity index (χ4n) is 4.33. The summed E-state index contributed by atoms with van der Waals surface area (Å²) in [6, 6.07) is 12.3. The second kappa shape index (κ2) is 9.24. The summed E-state index contributed by atoms with van der Waals surface area (Å²) in [5, 5.41) is 2.77. The van der Waals surface area contributed by atoms with Gasteiger partial charge in [0.05, 0.1) is 11.0 Å². The molecule has 0 bridgehead atoms. The van der Waals surface area contributed by atoms with Crippen molar-refractivity contribution in [2.24, 2.45) is 5.92 Å². The number of ether oxygens (including phenoxy) is 1. The minimum Gasteiger partial charge on any atom is -0.490 e. The van der Waals surface area contributed by atoms with Gasteiger partial charge in [-0.05, 0) is 43.0 Å². The molecule has 34 heavy (non-hydrogen) atoms. The van der Waals surface area contributed by atoms with E-state index >= 15 is 0 Å². The second-order valence-corrected chi connectivity index (χ2v) is 8.82. The summed E-state index contributed by atoms with van der Waals surface area (Å²) in [4.78, 5) is 47.2. The number of hydrogen-bond acceptors (Lipinski definition) is 5. The molecule has 9 heteroatoms. The molecular weight excluding hydrogens is 439 g/mol. The molecule has 8 nitrogen and oxygen atoms in total. The van der Waals surface area contributed by atoms with Gasteiger partial charge in [-0.15, -0.1) is 0 Å². The van der Waals surface area contributed by atoms with Gasteiger partial charge < -0.3 is 19.9 Å². The molecule has 0 radical (unpaired) electrons. The van der Waals surface area contributed by atoms with Crippen LogP contribution in [0.1, 0.15) is 36.2 Å². The van der Waals surface area contributed by atoms with E-state index in [9.17, 15) is 18.8 Å². The lowest BCUT2D eigenvalue weighted by molar-refractivity contribution is -0.135. The smallest absolute Gasteiger partial charge is 0.280 e. The normalized spacial score (nSPS) is 17.4. The third kappa shape index (κ3) is 4.78. The molecule has 5 rings (SSSR count). The summed E-state index contributed by atoms with van der Waals surface area (Å²) in [7, 11) is 0. The Kier molecular flexibility index (Phi) is 6.00. The van der Waals surface area contributed by atoms with Gasteiger partial charge in [-0.25, -0.2) is 9.37 Å². The first kappa shape index (κ1) is 22.1. The Bertz CT molecular complexity index is 1280. The van der Waals surface area contributed by atoms with Crippen molar-refractivity contribution in [2.45, 2.75) is 37.8 Å². The maximum absolute atomic E-state index is 13.4. The molecule has 1 aromatic heterocycles. The van der Waals surface area contributed by atoms with E-state index in [1.165, 1.54) is 12.1 Å². The summed E-state index contributed by atoms with van der Waals surface area (Å²) in [5.41, 5.74) is 0.206. The molecule has 2 amide bonds. The van der Waals surface area contributed by atoms with Gasteiger partial charge in [-0.2, -0.15) is 0 Å². The number of halogens is 1. The number of benzene rings is 2. The van der Waals surface area contributed by atoms with Crippen molar-refractivity contribution in [2.75, 3.05) is 13.1 Å². The Morgan fingerprint density at radius 2 is 1.85 bits per heavy atom. The highest BCUT2D eigenvalue weighted by Gasteiger charge is 2.40. The van der Waals surface area contributed by atoms with E-state index in [0.29, 0.717) is 42.7 Å². The predicted molar refractivity (Wildman–Crippen MR) is 123 cm³/mol. The van der Waals surface area contributed by atoms with Crippen LogP contribution in [0, 0.1) is 11.7 Å². The molecule has 0 spiro atoms. The SMILES string of the molecule is O=C(N[C@H](C(=O)N1CCC(Oc2cccc(F)c2)CC1)C1CC1)c1nc2ccccc2[nH]c1=O. The number of aromatic nitrogens is 2. The summed E-state index contributed by atoms with van der Waals surface area (Å²) >= 11 is 0. The summed E-state index contributed by atoms with van der Waals surface area (Å²) < 4.78 is 19.3. The van der Waals surface area contributed by atoms with Crippen LogP contribution in [0.4, 0.5) is 4.39 Å². The summed E-state index contributed by atoms with van der Waals surface area (Å²) in [6.45, 7) is 0.958. The van der Waals surface area contributed by atoms with Gasteiger partial charge in [-0.1, -0.05) is 18.2 Å². The number of rotatable bonds is 6. The van der Waals surface area contributed by atoms with Crippen LogP contribution in [0.2, 0.25) is 0 Å². The molecular formula is C25H25FN4O4. The lowest BCUT2D eigenvalue weighted by Crippen LogP contribution is -2.53. The van der Waals surface area contributed by atoms with Gasteiger partial charge in [0, 0.05) is 32.0 Å². The molecule has 1 aliphatic heterocycles. The van der Waals surface area contributed by atoms with E-state index in [4.69, 9.17) is 4.74 Å². The number of amides is 2. The first-order valence-corrected chi connectivity index (χ1v) is 11.5. The number of likely N-dealkylation sites (tertiary alicyclic amines) is 1. The van der Waals surface area contributed by atoms with Gasteiger partial charge in [0.15, 0.2) is 5.69 Å². The zero-order valence-electron chi connectivity index (χ0n) is 18.5. The number of fused-ring (bicyclic) bond motifs is 1. The monoisotopic (exact) mass is 464 g/mol. The number of piperidine rings is 1. The summed E-state index contributed by atoms with van der Waals surface area (Å²) in [6.07, 6.45) is 2.80. The van der Waals surface area contributed by atoms with Gasteiger partial charge in [0.25, 0.3) is 11.5 Å².